The Morgan fingerprint density at radius 1 is 1.29 bits per heavy atom. The first-order valence-corrected chi connectivity index (χ1v) is 5.52. The van der Waals surface area contributed by atoms with Gasteiger partial charge in [0, 0.05) is 5.69 Å². The topological polar surface area (TPSA) is 25.8 Å². The lowest BCUT2D eigenvalue weighted by Gasteiger charge is -2.16. The summed E-state index contributed by atoms with van der Waals surface area (Å²) in [5, 5.41) is 0. The number of rotatable bonds is 1. The molecule has 2 nitrogen and oxygen atoms in total. The van der Waals surface area contributed by atoms with Gasteiger partial charge in [-0.3, -0.25) is 4.98 Å². The minimum atomic E-state index is 0.296. The summed E-state index contributed by atoms with van der Waals surface area (Å²) in [7, 11) is 0. The zero-order valence-electron chi connectivity index (χ0n) is 8.74. The van der Waals surface area contributed by atoms with Crippen LogP contribution in [0.3, 0.4) is 0 Å². The van der Waals surface area contributed by atoms with Crippen molar-refractivity contribution in [2.24, 2.45) is 5.41 Å². The van der Waals surface area contributed by atoms with Crippen molar-refractivity contribution < 1.29 is 0 Å². The van der Waals surface area contributed by atoms with E-state index in [1.54, 1.807) is 0 Å². The van der Waals surface area contributed by atoms with Crippen LogP contribution >= 0.6 is 11.5 Å². The molecule has 0 saturated carbocycles. The van der Waals surface area contributed by atoms with Gasteiger partial charge in [0.15, 0.2) is 0 Å². The quantitative estimate of drug-likeness (QED) is 0.715. The third-order valence-corrected chi connectivity index (χ3v) is 2.73. The van der Waals surface area contributed by atoms with E-state index in [4.69, 9.17) is 0 Å². The molecule has 2 heterocycles. The van der Waals surface area contributed by atoms with Crippen molar-refractivity contribution in [3.8, 4) is 0 Å². The Hall–Kier alpha value is -0.960. The van der Waals surface area contributed by atoms with Crippen LogP contribution in [0.5, 0.6) is 0 Å². The lowest BCUT2D eigenvalue weighted by Crippen LogP contribution is -2.10. The first-order chi connectivity index (χ1) is 6.54. The largest absolute Gasteiger partial charge is 0.250 e. The molecule has 0 aliphatic heterocycles. The van der Waals surface area contributed by atoms with E-state index in [0.717, 1.165) is 17.6 Å². The van der Waals surface area contributed by atoms with Crippen molar-refractivity contribution in [1.29, 1.82) is 0 Å². The van der Waals surface area contributed by atoms with E-state index in [1.807, 2.05) is 6.20 Å². The van der Waals surface area contributed by atoms with E-state index in [2.05, 4.69) is 42.3 Å². The number of aromatic nitrogens is 2. The molecule has 0 saturated heterocycles. The number of hydrogen-bond donors (Lipinski definition) is 0. The molecule has 14 heavy (non-hydrogen) atoms. The van der Waals surface area contributed by atoms with E-state index >= 15 is 0 Å². The van der Waals surface area contributed by atoms with Crippen LogP contribution in [0.4, 0.5) is 0 Å². The molecule has 2 aromatic heterocycles. The van der Waals surface area contributed by atoms with E-state index < -0.39 is 0 Å². The fourth-order valence-electron chi connectivity index (χ4n) is 1.45. The summed E-state index contributed by atoms with van der Waals surface area (Å²) in [6.45, 7) is 6.68. The van der Waals surface area contributed by atoms with E-state index in [1.165, 1.54) is 16.2 Å². The summed E-state index contributed by atoms with van der Waals surface area (Å²) < 4.78 is 5.29. The predicted octanol–water partition coefficient (Wildman–Crippen LogP) is 3.28. The fraction of sp³-hybridized carbons (Fsp3) is 0.455. The lowest BCUT2D eigenvalue weighted by molar-refractivity contribution is 0.407. The standard InChI is InChI=1S/C11H14N2S/c1-11(2,3)6-8-4-5-10-9(13-8)7-12-14-10/h4-5,7H,6H2,1-3H3. The maximum atomic E-state index is 4.57. The van der Waals surface area contributed by atoms with Gasteiger partial charge >= 0.3 is 0 Å². The molecule has 0 N–H and O–H groups in total. The van der Waals surface area contributed by atoms with Crippen molar-refractivity contribution in [3.05, 3.63) is 24.0 Å². The summed E-state index contributed by atoms with van der Waals surface area (Å²) in [6, 6.07) is 4.22. The molecule has 2 rings (SSSR count). The summed E-state index contributed by atoms with van der Waals surface area (Å²) >= 11 is 1.50. The van der Waals surface area contributed by atoms with Gasteiger partial charge in [0.05, 0.1) is 10.9 Å². The van der Waals surface area contributed by atoms with Crippen LogP contribution in [0.25, 0.3) is 10.2 Å². The van der Waals surface area contributed by atoms with Crippen LogP contribution in [-0.4, -0.2) is 9.36 Å². The van der Waals surface area contributed by atoms with Gasteiger partial charge in [-0.15, -0.1) is 0 Å². The maximum Gasteiger partial charge on any atom is 0.101 e. The SMILES string of the molecule is CC(C)(C)Cc1ccc2sncc2n1. The zero-order valence-corrected chi connectivity index (χ0v) is 9.56. The Morgan fingerprint density at radius 2 is 2.07 bits per heavy atom. The molecular formula is C11H14N2S. The second-order valence-electron chi connectivity index (χ2n) is 4.75. The molecule has 0 amide bonds. The smallest absolute Gasteiger partial charge is 0.101 e. The molecule has 0 bridgehead atoms. The third-order valence-electron chi connectivity index (χ3n) is 1.98. The Morgan fingerprint density at radius 3 is 2.79 bits per heavy atom. The summed E-state index contributed by atoms with van der Waals surface area (Å²) in [5.74, 6) is 0. The van der Waals surface area contributed by atoms with Crippen molar-refractivity contribution in [3.63, 3.8) is 0 Å². The average Bonchev–Trinajstić information content (AvgIpc) is 2.47. The highest BCUT2D eigenvalue weighted by Crippen LogP contribution is 2.22. The van der Waals surface area contributed by atoms with Crippen molar-refractivity contribution in [2.45, 2.75) is 27.2 Å². The number of hydrogen-bond acceptors (Lipinski definition) is 3. The van der Waals surface area contributed by atoms with Gasteiger partial charge < -0.3 is 0 Å². The van der Waals surface area contributed by atoms with Gasteiger partial charge in [-0.1, -0.05) is 20.8 Å². The van der Waals surface area contributed by atoms with Crippen molar-refractivity contribution >= 4 is 21.7 Å². The Kier molecular flexibility index (Phi) is 2.27. The minimum Gasteiger partial charge on any atom is -0.250 e. The van der Waals surface area contributed by atoms with Gasteiger partial charge in [0.25, 0.3) is 0 Å². The van der Waals surface area contributed by atoms with Gasteiger partial charge in [0.2, 0.25) is 0 Å². The number of pyridine rings is 1. The van der Waals surface area contributed by atoms with Crippen LogP contribution in [-0.2, 0) is 6.42 Å². The van der Waals surface area contributed by atoms with Crippen LogP contribution in [0, 0.1) is 5.41 Å². The molecule has 0 aliphatic rings. The first-order valence-electron chi connectivity index (χ1n) is 4.75. The second-order valence-corrected chi connectivity index (χ2v) is 5.58. The van der Waals surface area contributed by atoms with Crippen molar-refractivity contribution in [1.82, 2.24) is 9.36 Å². The molecule has 0 unspecified atom stereocenters. The van der Waals surface area contributed by atoms with Crippen LogP contribution < -0.4 is 0 Å². The minimum absolute atomic E-state index is 0.296. The molecule has 0 aromatic carbocycles. The Bertz CT molecular complexity index is 440. The van der Waals surface area contributed by atoms with E-state index in [-0.39, 0.29) is 0 Å². The van der Waals surface area contributed by atoms with Crippen LogP contribution in [0.2, 0.25) is 0 Å². The van der Waals surface area contributed by atoms with Crippen LogP contribution in [0.15, 0.2) is 18.3 Å². The van der Waals surface area contributed by atoms with E-state index in [9.17, 15) is 0 Å². The molecule has 3 heteroatoms. The summed E-state index contributed by atoms with van der Waals surface area (Å²) in [6.07, 6.45) is 2.85. The molecule has 0 fully saturated rings. The highest BCUT2D eigenvalue weighted by atomic mass is 32.1. The molecule has 0 radical (unpaired) electrons. The Balaban J connectivity index is 2.35. The van der Waals surface area contributed by atoms with Gasteiger partial charge in [-0.2, -0.15) is 4.37 Å². The highest BCUT2D eigenvalue weighted by Gasteiger charge is 2.12. The number of nitrogens with zero attached hydrogens (tertiary/aromatic N) is 2. The summed E-state index contributed by atoms with van der Waals surface area (Å²) in [4.78, 5) is 4.57. The average molecular weight is 206 g/mol. The molecule has 0 spiro atoms. The lowest BCUT2D eigenvalue weighted by atomic mass is 9.90. The molecular weight excluding hydrogens is 192 g/mol. The second kappa shape index (κ2) is 3.31. The van der Waals surface area contributed by atoms with Gasteiger partial charge in [-0.25, -0.2) is 0 Å². The normalized spacial score (nSPS) is 12.2. The molecule has 0 aliphatic carbocycles. The third kappa shape index (κ3) is 2.10. The van der Waals surface area contributed by atoms with Gasteiger partial charge in [0.1, 0.15) is 5.52 Å². The maximum absolute atomic E-state index is 4.57. The van der Waals surface area contributed by atoms with Crippen molar-refractivity contribution in [2.75, 3.05) is 0 Å². The predicted molar refractivity (Wildman–Crippen MR) is 60.6 cm³/mol. The van der Waals surface area contributed by atoms with Gasteiger partial charge in [-0.05, 0) is 35.5 Å². The molecule has 0 atom stereocenters. The first kappa shape index (κ1) is 9.59. The van der Waals surface area contributed by atoms with E-state index in [0.29, 0.717) is 5.41 Å². The molecule has 74 valence electrons. The molecule has 2 aromatic rings. The summed E-state index contributed by atoms with van der Waals surface area (Å²) in [5.41, 5.74) is 2.48. The zero-order chi connectivity index (χ0) is 10.2. The monoisotopic (exact) mass is 206 g/mol. The van der Waals surface area contributed by atoms with Crippen LogP contribution in [0.1, 0.15) is 26.5 Å². The number of fused-ring (bicyclic) bond motifs is 1. The highest BCUT2D eigenvalue weighted by molar-refractivity contribution is 7.13. The fourth-order valence-corrected chi connectivity index (χ4v) is 2.04. The Labute approximate surface area is 88.2 Å².